The van der Waals surface area contributed by atoms with Gasteiger partial charge in [0.25, 0.3) is 0 Å². The predicted octanol–water partition coefficient (Wildman–Crippen LogP) is 3.24. The van der Waals surface area contributed by atoms with Gasteiger partial charge in [-0.05, 0) is 23.5 Å². The average Bonchev–Trinajstić information content (AvgIpc) is 3.19. The molecule has 18 heavy (non-hydrogen) atoms. The Morgan fingerprint density at radius 1 is 1.28 bits per heavy atom. The highest BCUT2D eigenvalue weighted by Gasteiger charge is 2.41. The highest BCUT2D eigenvalue weighted by Crippen LogP contribution is 2.33. The first kappa shape index (κ1) is 11.4. The lowest BCUT2D eigenvalue weighted by atomic mass is 9.93. The van der Waals surface area contributed by atoms with Crippen LogP contribution in [0.2, 0.25) is 0 Å². The van der Waals surface area contributed by atoms with Crippen molar-refractivity contribution in [3.63, 3.8) is 0 Å². The summed E-state index contributed by atoms with van der Waals surface area (Å²) in [7, 11) is 0. The van der Waals surface area contributed by atoms with Gasteiger partial charge >= 0.3 is 0 Å². The maximum absolute atomic E-state index is 8.29. The number of benzene rings is 1. The molecule has 0 spiro atoms. The molecule has 92 valence electrons. The summed E-state index contributed by atoms with van der Waals surface area (Å²) in [5, 5.41) is 11.7. The Balaban J connectivity index is 1.72. The fourth-order valence-electron chi connectivity index (χ4n) is 2.54. The predicted molar refractivity (Wildman–Crippen MR) is 74.8 cm³/mol. The molecule has 1 saturated heterocycles. The van der Waals surface area contributed by atoms with Crippen LogP contribution in [0.3, 0.4) is 0 Å². The van der Waals surface area contributed by atoms with Crippen molar-refractivity contribution in [2.75, 3.05) is 0 Å². The Kier molecular flexibility index (Phi) is 2.88. The molecule has 0 radical (unpaired) electrons. The van der Waals surface area contributed by atoms with Gasteiger partial charge in [-0.25, -0.2) is 0 Å². The molecule has 2 N–H and O–H groups in total. The Morgan fingerprint density at radius 2 is 2.06 bits per heavy atom. The molecule has 1 aromatic rings. The SMILES string of the molecule is CC1C=C(C(=N)C2NC2c2ccccc2)C=CC1. The molecule has 1 aromatic carbocycles. The zero-order valence-corrected chi connectivity index (χ0v) is 10.6. The summed E-state index contributed by atoms with van der Waals surface area (Å²) in [4.78, 5) is 0. The fourth-order valence-corrected chi connectivity index (χ4v) is 2.54. The van der Waals surface area contributed by atoms with E-state index in [9.17, 15) is 0 Å². The molecular weight excluding hydrogens is 220 g/mol. The van der Waals surface area contributed by atoms with Crippen molar-refractivity contribution >= 4 is 5.71 Å². The van der Waals surface area contributed by atoms with Gasteiger partial charge in [-0.1, -0.05) is 55.5 Å². The van der Waals surface area contributed by atoms with E-state index in [0.29, 0.717) is 12.0 Å². The third kappa shape index (κ3) is 2.16. The number of rotatable bonds is 3. The monoisotopic (exact) mass is 238 g/mol. The minimum absolute atomic E-state index is 0.189. The van der Waals surface area contributed by atoms with Crippen LogP contribution in [0.4, 0.5) is 0 Å². The third-order valence-corrected chi connectivity index (χ3v) is 3.63. The van der Waals surface area contributed by atoms with Gasteiger partial charge in [-0.15, -0.1) is 0 Å². The van der Waals surface area contributed by atoms with Gasteiger partial charge in [-0.2, -0.15) is 0 Å². The second-order valence-corrected chi connectivity index (χ2v) is 5.18. The molecule has 2 nitrogen and oxygen atoms in total. The first-order chi connectivity index (χ1) is 8.75. The summed E-state index contributed by atoms with van der Waals surface area (Å²) in [6, 6.07) is 10.9. The van der Waals surface area contributed by atoms with Crippen LogP contribution in [-0.2, 0) is 0 Å². The van der Waals surface area contributed by atoms with Crippen molar-refractivity contribution < 1.29 is 0 Å². The molecule has 0 amide bonds. The molecule has 2 heteroatoms. The van der Waals surface area contributed by atoms with Crippen LogP contribution in [0.25, 0.3) is 0 Å². The van der Waals surface area contributed by atoms with E-state index in [1.807, 2.05) is 6.07 Å². The van der Waals surface area contributed by atoms with Crippen LogP contribution in [0, 0.1) is 11.3 Å². The first-order valence-electron chi connectivity index (χ1n) is 6.54. The largest absolute Gasteiger partial charge is 0.303 e. The van der Waals surface area contributed by atoms with Gasteiger partial charge in [-0.3, -0.25) is 5.32 Å². The van der Waals surface area contributed by atoms with E-state index < -0.39 is 0 Å². The van der Waals surface area contributed by atoms with Crippen LogP contribution in [0.15, 0.2) is 54.1 Å². The summed E-state index contributed by atoms with van der Waals surface area (Å²) in [5.74, 6) is 0.555. The lowest BCUT2D eigenvalue weighted by molar-refractivity contribution is 0.733. The molecule has 3 unspecified atom stereocenters. The minimum Gasteiger partial charge on any atom is -0.303 e. The Bertz CT molecular complexity index is 513. The van der Waals surface area contributed by atoms with Crippen molar-refractivity contribution in [2.24, 2.45) is 5.92 Å². The number of nitrogens with one attached hydrogen (secondary N) is 2. The van der Waals surface area contributed by atoms with Crippen molar-refractivity contribution in [2.45, 2.75) is 25.4 Å². The second-order valence-electron chi connectivity index (χ2n) is 5.18. The maximum atomic E-state index is 8.29. The standard InChI is InChI=1S/C16H18N2/c1-11-6-5-9-13(10-11)14(17)16-15(18-16)12-7-3-2-4-8-12/h2-5,7-11,15-18H,6H2,1H3. The number of hydrogen-bond acceptors (Lipinski definition) is 2. The van der Waals surface area contributed by atoms with Gasteiger partial charge in [0, 0.05) is 0 Å². The lowest BCUT2D eigenvalue weighted by Gasteiger charge is -2.12. The van der Waals surface area contributed by atoms with Crippen LogP contribution < -0.4 is 5.32 Å². The van der Waals surface area contributed by atoms with Crippen molar-refractivity contribution in [1.29, 1.82) is 5.41 Å². The fraction of sp³-hybridized carbons (Fsp3) is 0.312. The molecule has 1 heterocycles. The van der Waals surface area contributed by atoms with Crippen molar-refractivity contribution in [3.05, 3.63) is 59.7 Å². The summed E-state index contributed by atoms with van der Waals surface area (Å²) in [6.45, 7) is 2.20. The van der Waals surface area contributed by atoms with Crippen molar-refractivity contribution in [3.8, 4) is 0 Å². The smallest absolute Gasteiger partial charge is 0.0697 e. The van der Waals surface area contributed by atoms with E-state index in [2.05, 4.69) is 54.7 Å². The molecule has 1 aliphatic carbocycles. The quantitative estimate of drug-likeness (QED) is 0.616. The van der Waals surface area contributed by atoms with Gasteiger partial charge in [0.2, 0.25) is 0 Å². The van der Waals surface area contributed by atoms with E-state index in [0.717, 1.165) is 17.7 Å². The maximum Gasteiger partial charge on any atom is 0.0697 e. The highest BCUT2D eigenvalue weighted by atomic mass is 15.2. The Hall–Kier alpha value is -1.67. The minimum atomic E-state index is 0.189. The van der Waals surface area contributed by atoms with Crippen LogP contribution in [0.1, 0.15) is 24.9 Å². The summed E-state index contributed by atoms with van der Waals surface area (Å²) >= 11 is 0. The van der Waals surface area contributed by atoms with E-state index in [1.54, 1.807) is 0 Å². The van der Waals surface area contributed by atoms with E-state index >= 15 is 0 Å². The summed E-state index contributed by atoms with van der Waals surface area (Å²) in [6.07, 6.45) is 7.57. The van der Waals surface area contributed by atoms with Gasteiger partial charge in [0.15, 0.2) is 0 Å². The molecule has 3 rings (SSSR count). The number of hydrogen-bond donors (Lipinski definition) is 2. The molecule has 1 fully saturated rings. The second kappa shape index (κ2) is 4.54. The van der Waals surface area contributed by atoms with Crippen LogP contribution in [-0.4, -0.2) is 11.8 Å². The van der Waals surface area contributed by atoms with Crippen LogP contribution in [0.5, 0.6) is 0 Å². The van der Waals surface area contributed by atoms with Crippen molar-refractivity contribution in [1.82, 2.24) is 5.32 Å². The molecule has 3 atom stereocenters. The van der Waals surface area contributed by atoms with Gasteiger partial charge < -0.3 is 5.41 Å². The lowest BCUT2D eigenvalue weighted by Crippen LogP contribution is -2.13. The summed E-state index contributed by atoms with van der Waals surface area (Å²) in [5.41, 5.74) is 3.09. The van der Waals surface area contributed by atoms with E-state index in [4.69, 9.17) is 5.41 Å². The van der Waals surface area contributed by atoms with E-state index in [1.165, 1.54) is 5.56 Å². The topological polar surface area (TPSA) is 45.8 Å². The number of allylic oxidation sites excluding steroid dienone is 3. The zero-order chi connectivity index (χ0) is 12.5. The average molecular weight is 238 g/mol. The van der Waals surface area contributed by atoms with Gasteiger partial charge in [0.1, 0.15) is 0 Å². The molecule has 0 bridgehead atoms. The Labute approximate surface area is 108 Å². The third-order valence-electron chi connectivity index (χ3n) is 3.63. The molecule has 0 aromatic heterocycles. The Morgan fingerprint density at radius 3 is 2.78 bits per heavy atom. The first-order valence-corrected chi connectivity index (χ1v) is 6.54. The van der Waals surface area contributed by atoms with Gasteiger partial charge in [0.05, 0.1) is 17.8 Å². The zero-order valence-electron chi connectivity index (χ0n) is 10.6. The molecule has 2 aliphatic rings. The molecular formula is C16H18N2. The molecule has 1 aliphatic heterocycles. The highest BCUT2D eigenvalue weighted by molar-refractivity contribution is 6.06. The van der Waals surface area contributed by atoms with Crippen LogP contribution >= 0.6 is 0 Å². The van der Waals surface area contributed by atoms with E-state index in [-0.39, 0.29) is 6.04 Å². The molecule has 0 saturated carbocycles. The summed E-state index contributed by atoms with van der Waals surface area (Å²) < 4.78 is 0. The normalized spacial score (nSPS) is 29.8.